The summed E-state index contributed by atoms with van der Waals surface area (Å²) in [7, 11) is -3.75. The number of hydrogen-bond acceptors (Lipinski definition) is 5. The molecule has 0 bridgehead atoms. The standard InChI is InChI=1S/C20H26N4O3S/c1-15(20(25)23-17-7-11-19(12-8-17)28(21,26)27)22-16-5-9-18(10-6-16)24-13-3-2-4-14-24/h5-12,15,22H,2-4,13-14H2,1H3,(H,23,25)(H2,21,26,27)/t15-/m0/s1. The van der Waals surface area contributed by atoms with Crippen LogP contribution in [0.1, 0.15) is 26.2 Å². The van der Waals surface area contributed by atoms with Crippen molar-refractivity contribution in [1.29, 1.82) is 0 Å². The number of nitrogens with zero attached hydrogens (tertiary/aromatic N) is 1. The summed E-state index contributed by atoms with van der Waals surface area (Å²) in [5, 5.41) is 11.0. The molecule has 1 aliphatic heterocycles. The first kappa shape index (κ1) is 20.2. The smallest absolute Gasteiger partial charge is 0.246 e. The van der Waals surface area contributed by atoms with E-state index >= 15 is 0 Å². The van der Waals surface area contributed by atoms with Gasteiger partial charge in [0.1, 0.15) is 6.04 Å². The second kappa shape index (κ2) is 8.62. The minimum Gasteiger partial charge on any atom is -0.374 e. The Morgan fingerprint density at radius 1 is 0.964 bits per heavy atom. The molecule has 1 fully saturated rings. The molecule has 7 nitrogen and oxygen atoms in total. The highest BCUT2D eigenvalue weighted by Gasteiger charge is 2.15. The van der Waals surface area contributed by atoms with Gasteiger partial charge in [0, 0.05) is 30.2 Å². The molecule has 0 aromatic heterocycles. The van der Waals surface area contributed by atoms with Crippen LogP contribution in [0, 0.1) is 0 Å². The van der Waals surface area contributed by atoms with Gasteiger partial charge in [-0.3, -0.25) is 4.79 Å². The van der Waals surface area contributed by atoms with E-state index in [0.717, 1.165) is 18.8 Å². The highest BCUT2D eigenvalue weighted by atomic mass is 32.2. The zero-order valence-electron chi connectivity index (χ0n) is 15.9. The van der Waals surface area contributed by atoms with Crippen molar-refractivity contribution < 1.29 is 13.2 Å². The average molecular weight is 403 g/mol. The van der Waals surface area contributed by atoms with Crippen LogP contribution in [0.15, 0.2) is 53.4 Å². The molecule has 2 aromatic rings. The number of piperidine rings is 1. The lowest BCUT2D eigenvalue weighted by Crippen LogP contribution is -2.32. The van der Waals surface area contributed by atoms with Gasteiger partial charge in [0.25, 0.3) is 0 Å². The number of benzene rings is 2. The van der Waals surface area contributed by atoms with Crippen LogP contribution < -0.4 is 20.7 Å². The number of nitrogens with one attached hydrogen (secondary N) is 2. The summed E-state index contributed by atoms with van der Waals surface area (Å²) < 4.78 is 22.6. The Hall–Kier alpha value is -2.58. The van der Waals surface area contributed by atoms with Gasteiger partial charge in [-0.2, -0.15) is 0 Å². The molecule has 2 aromatic carbocycles. The van der Waals surface area contributed by atoms with Crippen LogP contribution in [0.25, 0.3) is 0 Å². The quantitative estimate of drug-likeness (QED) is 0.689. The summed E-state index contributed by atoms with van der Waals surface area (Å²) in [5.41, 5.74) is 2.58. The molecule has 150 valence electrons. The van der Waals surface area contributed by atoms with Crippen LogP contribution in [-0.4, -0.2) is 33.5 Å². The molecule has 0 unspecified atom stereocenters. The molecule has 0 radical (unpaired) electrons. The summed E-state index contributed by atoms with van der Waals surface area (Å²) in [4.78, 5) is 14.8. The molecule has 1 heterocycles. The normalized spacial score (nSPS) is 15.7. The lowest BCUT2D eigenvalue weighted by Gasteiger charge is -2.29. The van der Waals surface area contributed by atoms with Crippen LogP contribution in [0.3, 0.4) is 0 Å². The first-order valence-corrected chi connectivity index (χ1v) is 10.9. The largest absolute Gasteiger partial charge is 0.374 e. The fraction of sp³-hybridized carbons (Fsp3) is 0.350. The summed E-state index contributed by atoms with van der Waals surface area (Å²) in [6.45, 7) is 3.96. The lowest BCUT2D eigenvalue weighted by atomic mass is 10.1. The number of anilines is 3. The lowest BCUT2D eigenvalue weighted by molar-refractivity contribution is -0.116. The molecule has 0 saturated carbocycles. The second-order valence-corrected chi connectivity index (χ2v) is 8.58. The van der Waals surface area contributed by atoms with Crippen LogP contribution in [0.4, 0.5) is 17.1 Å². The van der Waals surface area contributed by atoms with Crippen molar-refractivity contribution >= 4 is 33.0 Å². The molecule has 1 amide bonds. The molecule has 0 spiro atoms. The van der Waals surface area contributed by atoms with Crippen molar-refractivity contribution in [2.75, 3.05) is 28.6 Å². The summed E-state index contributed by atoms with van der Waals surface area (Å²) in [6, 6.07) is 13.4. The highest BCUT2D eigenvalue weighted by Crippen LogP contribution is 2.22. The van der Waals surface area contributed by atoms with Crippen LogP contribution in [0.2, 0.25) is 0 Å². The van der Waals surface area contributed by atoms with E-state index in [4.69, 9.17) is 5.14 Å². The summed E-state index contributed by atoms with van der Waals surface area (Å²) in [6.07, 6.45) is 3.76. The van der Waals surface area contributed by atoms with Gasteiger partial charge in [-0.1, -0.05) is 0 Å². The average Bonchev–Trinajstić information content (AvgIpc) is 2.69. The topological polar surface area (TPSA) is 105 Å². The highest BCUT2D eigenvalue weighted by molar-refractivity contribution is 7.89. The minimum absolute atomic E-state index is 0.00506. The van der Waals surface area contributed by atoms with Gasteiger partial charge in [-0.25, -0.2) is 13.6 Å². The van der Waals surface area contributed by atoms with Crippen molar-refractivity contribution in [2.45, 2.75) is 37.1 Å². The number of carbonyl (C=O) groups is 1. The molecule has 4 N–H and O–H groups in total. The fourth-order valence-electron chi connectivity index (χ4n) is 3.21. The number of carbonyl (C=O) groups excluding carboxylic acids is 1. The van der Waals surface area contributed by atoms with E-state index in [2.05, 4.69) is 27.7 Å². The third-order valence-corrected chi connectivity index (χ3v) is 5.74. The number of sulfonamides is 1. The van der Waals surface area contributed by atoms with E-state index in [1.54, 1.807) is 6.92 Å². The van der Waals surface area contributed by atoms with E-state index in [-0.39, 0.29) is 10.8 Å². The second-order valence-electron chi connectivity index (χ2n) is 7.02. The van der Waals surface area contributed by atoms with Gasteiger partial charge in [0.2, 0.25) is 15.9 Å². The molecular weight excluding hydrogens is 376 g/mol. The summed E-state index contributed by atoms with van der Waals surface area (Å²) >= 11 is 0. The van der Waals surface area contributed by atoms with Crippen molar-refractivity contribution in [1.82, 2.24) is 0 Å². The first-order chi connectivity index (χ1) is 13.3. The zero-order valence-corrected chi connectivity index (χ0v) is 16.7. The Labute approximate surface area is 166 Å². The van der Waals surface area contributed by atoms with Crippen LogP contribution >= 0.6 is 0 Å². The number of primary sulfonamides is 1. The number of amides is 1. The number of nitrogens with two attached hydrogens (primary N) is 1. The summed E-state index contributed by atoms with van der Waals surface area (Å²) in [5.74, 6) is -0.219. The van der Waals surface area contributed by atoms with Crippen molar-refractivity contribution in [2.24, 2.45) is 5.14 Å². The Kier molecular flexibility index (Phi) is 6.21. The molecule has 1 aliphatic rings. The van der Waals surface area contributed by atoms with E-state index in [1.165, 1.54) is 49.2 Å². The number of rotatable bonds is 6. The first-order valence-electron chi connectivity index (χ1n) is 9.38. The maximum Gasteiger partial charge on any atom is 0.246 e. The minimum atomic E-state index is -3.75. The van der Waals surface area contributed by atoms with Gasteiger partial charge in [0.15, 0.2) is 0 Å². The van der Waals surface area contributed by atoms with Gasteiger partial charge < -0.3 is 15.5 Å². The van der Waals surface area contributed by atoms with Crippen LogP contribution in [-0.2, 0) is 14.8 Å². The SMILES string of the molecule is C[C@H](Nc1ccc(N2CCCCC2)cc1)C(=O)Nc1ccc(S(N)(=O)=O)cc1. The van der Waals surface area contributed by atoms with Gasteiger partial charge >= 0.3 is 0 Å². The Bertz CT molecular complexity index is 905. The van der Waals surface area contributed by atoms with E-state index in [9.17, 15) is 13.2 Å². The molecular formula is C20H26N4O3S. The van der Waals surface area contributed by atoms with Gasteiger partial charge in [0.05, 0.1) is 4.90 Å². The molecule has 28 heavy (non-hydrogen) atoms. The number of hydrogen-bond donors (Lipinski definition) is 3. The third kappa shape index (κ3) is 5.24. The van der Waals surface area contributed by atoms with Crippen molar-refractivity contribution in [3.8, 4) is 0 Å². The zero-order chi connectivity index (χ0) is 20.1. The molecule has 1 saturated heterocycles. The van der Waals surface area contributed by atoms with Gasteiger partial charge in [-0.05, 0) is 74.7 Å². The van der Waals surface area contributed by atoms with Crippen molar-refractivity contribution in [3.63, 3.8) is 0 Å². The molecule has 3 rings (SSSR count). The van der Waals surface area contributed by atoms with Crippen LogP contribution in [0.5, 0.6) is 0 Å². The fourth-order valence-corrected chi connectivity index (χ4v) is 3.73. The maximum atomic E-state index is 12.4. The Morgan fingerprint density at radius 3 is 2.11 bits per heavy atom. The van der Waals surface area contributed by atoms with E-state index < -0.39 is 16.1 Å². The third-order valence-electron chi connectivity index (χ3n) is 4.82. The monoisotopic (exact) mass is 402 g/mol. The van der Waals surface area contributed by atoms with E-state index in [1.807, 2.05) is 12.1 Å². The molecule has 8 heteroatoms. The molecule has 0 aliphatic carbocycles. The molecule has 1 atom stereocenters. The Morgan fingerprint density at radius 2 is 1.54 bits per heavy atom. The Balaban J connectivity index is 1.56. The van der Waals surface area contributed by atoms with Crippen molar-refractivity contribution in [3.05, 3.63) is 48.5 Å². The van der Waals surface area contributed by atoms with E-state index in [0.29, 0.717) is 5.69 Å². The predicted molar refractivity (Wildman–Crippen MR) is 112 cm³/mol. The maximum absolute atomic E-state index is 12.4. The van der Waals surface area contributed by atoms with Gasteiger partial charge in [-0.15, -0.1) is 0 Å². The predicted octanol–water partition coefficient (Wildman–Crippen LogP) is 2.76.